The highest BCUT2D eigenvalue weighted by molar-refractivity contribution is 5.80. The van der Waals surface area contributed by atoms with Gasteiger partial charge in [0.2, 0.25) is 0 Å². The molecule has 1 aromatic heterocycles. The van der Waals surface area contributed by atoms with Crippen molar-refractivity contribution in [3.63, 3.8) is 0 Å². The van der Waals surface area contributed by atoms with Crippen molar-refractivity contribution in [2.45, 2.75) is 0 Å². The van der Waals surface area contributed by atoms with Gasteiger partial charge in [-0.1, -0.05) is 0 Å². The van der Waals surface area contributed by atoms with E-state index in [1.807, 2.05) is 0 Å². The van der Waals surface area contributed by atoms with Gasteiger partial charge < -0.3 is 19.7 Å². The van der Waals surface area contributed by atoms with Gasteiger partial charge in [0.25, 0.3) is 0 Å². The predicted octanol–water partition coefficient (Wildman–Crippen LogP) is 2.72. The van der Waals surface area contributed by atoms with E-state index in [-0.39, 0.29) is 34.0 Å². The molecule has 106 valence electrons. The molecule has 5 nitrogen and oxygen atoms in total. The van der Waals surface area contributed by atoms with Crippen molar-refractivity contribution in [1.29, 1.82) is 0 Å². The van der Waals surface area contributed by atoms with E-state index in [4.69, 9.17) is 4.42 Å². The van der Waals surface area contributed by atoms with E-state index in [0.29, 0.717) is 5.56 Å². The minimum atomic E-state index is -0.876. The van der Waals surface area contributed by atoms with Crippen LogP contribution in [0.15, 0.2) is 45.6 Å². The van der Waals surface area contributed by atoms with Crippen LogP contribution in [-0.4, -0.2) is 15.3 Å². The summed E-state index contributed by atoms with van der Waals surface area (Å²) in [6.45, 7) is 0. The van der Waals surface area contributed by atoms with Crippen LogP contribution in [0.3, 0.4) is 0 Å². The van der Waals surface area contributed by atoms with Crippen LogP contribution in [0.2, 0.25) is 0 Å². The maximum Gasteiger partial charge on any atom is 0.196 e. The standard InChI is InChI=1S/C15H9FO5/c16-9-4-8(17)5-14-15(9)12(20)6-13(21-14)7-1-2-10(18)11(19)3-7/h1-6,17-19H. The summed E-state index contributed by atoms with van der Waals surface area (Å²) in [5.74, 6) is -1.86. The van der Waals surface area contributed by atoms with Gasteiger partial charge in [-0.25, -0.2) is 4.39 Å². The van der Waals surface area contributed by atoms with E-state index in [9.17, 15) is 24.5 Å². The lowest BCUT2D eigenvalue weighted by molar-refractivity contribution is 0.404. The van der Waals surface area contributed by atoms with Gasteiger partial charge in [0.1, 0.15) is 28.3 Å². The molecule has 0 radical (unpaired) electrons. The van der Waals surface area contributed by atoms with Crippen LogP contribution in [0.25, 0.3) is 22.3 Å². The second kappa shape index (κ2) is 4.52. The van der Waals surface area contributed by atoms with Crippen LogP contribution < -0.4 is 5.43 Å². The molecule has 3 rings (SSSR count). The number of halogens is 1. The molecule has 0 aliphatic carbocycles. The molecule has 0 fully saturated rings. The van der Waals surface area contributed by atoms with Gasteiger partial charge in [-0.3, -0.25) is 4.79 Å². The molecule has 0 amide bonds. The van der Waals surface area contributed by atoms with E-state index in [2.05, 4.69) is 0 Å². The van der Waals surface area contributed by atoms with Crippen LogP contribution in [0.1, 0.15) is 0 Å². The van der Waals surface area contributed by atoms with Crippen LogP contribution >= 0.6 is 0 Å². The Morgan fingerprint density at radius 1 is 0.952 bits per heavy atom. The van der Waals surface area contributed by atoms with E-state index in [1.165, 1.54) is 18.2 Å². The highest BCUT2D eigenvalue weighted by Gasteiger charge is 2.13. The zero-order chi connectivity index (χ0) is 15.1. The fraction of sp³-hybridized carbons (Fsp3) is 0. The van der Waals surface area contributed by atoms with Crippen LogP contribution in [-0.2, 0) is 0 Å². The summed E-state index contributed by atoms with van der Waals surface area (Å²) in [5, 5.41) is 27.8. The lowest BCUT2D eigenvalue weighted by Gasteiger charge is -2.05. The summed E-state index contributed by atoms with van der Waals surface area (Å²) < 4.78 is 19.1. The molecule has 2 aromatic carbocycles. The Morgan fingerprint density at radius 2 is 1.71 bits per heavy atom. The first-order valence-electron chi connectivity index (χ1n) is 5.94. The van der Waals surface area contributed by atoms with Crippen molar-refractivity contribution < 1.29 is 24.1 Å². The maximum absolute atomic E-state index is 13.7. The number of phenols is 3. The number of benzene rings is 2. The number of hydrogen-bond donors (Lipinski definition) is 3. The summed E-state index contributed by atoms with van der Waals surface area (Å²) in [6.07, 6.45) is 0. The molecule has 0 saturated heterocycles. The zero-order valence-electron chi connectivity index (χ0n) is 10.5. The lowest BCUT2D eigenvalue weighted by Crippen LogP contribution is -2.02. The summed E-state index contributed by atoms with van der Waals surface area (Å²) in [5.41, 5.74) is -0.396. The molecular weight excluding hydrogens is 279 g/mol. The monoisotopic (exact) mass is 288 g/mol. The largest absolute Gasteiger partial charge is 0.508 e. The Labute approximate surface area is 117 Å². The highest BCUT2D eigenvalue weighted by atomic mass is 19.1. The number of hydrogen-bond acceptors (Lipinski definition) is 5. The van der Waals surface area contributed by atoms with Crippen molar-refractivity contribution >= 4 is 11.0 Å². The Morgan fingerprint density at radius 3 is 2.43 bits per heavy atom. The van der Waals surface area contributed by atoms with E-state index < -0.39 is 11.2 Å². The molecule has 1 heterocycles. The van der Waals surface area contributed by atoms with Crippen molar-refractivity contribution in [2.75, 3.05) is 0 Å². The van der Waals surface area contributed by atoms with Crippen molar-refractivity contribution in [1.82, 2.24) is 0 Å². The molecule has 6 heteroatoms. The molecule has 0 spiro atoms. The van der Waals surface area contributed by atoms with Crippen molar-refractivity contribution in [2.24, 2.45) is 0 Å². The molecule has 0 atom stereocenters. The average Bonchev–Trinajstić information content (AvgIpc) is 2.40. The van der Waals surface area contributed by atoms with Crippen molar-refractivity contribution in [3.8, 4) is 28.6 Å². The fourth-order valence-corrected chi connectivity index (χ4v) is 2.05. The third-order valence-corrected chi connectivity index (χ3v) is 3.03. The van der Waals surface area contributed by atoms with Gasteiger partial charge in [-0.2, -0.15) is 0 Å². The number of rotatable bonds is 1. The van der Waals surface area contributed by atoms with E-state index in [1.54, 1.807) is 0 Å². The minimum Gasteiger partial charge on any atom is -0.508 e. The van der Waals surface area contributed by atoms with E-state index in [0.717, 1.165) is 18.2 Å². The van der Waals surface area contributed by atoms with Gasteiger partial charge in [0, 0.05) is 23.8 Å². The summed E-state index contributed by atoms with van der Waals surface area (Å²) in [7, 11) is 0. The first-order chi connectivity index (χ1) is 9.95. The Balaban J connectivity index is 2.29. The van der Waals surface area contributed by atoms with Crippen LogP contribution in [0, 0.1) is 5.82 Å². The molecule has 3 aromatic rings. The molecule has 0 bridgehead atoms. The highest BCUT2D eigenvalue weighted by Crippen LogP contribution is 2.32. The second-order valence-corrected chi connectivity index (χ2v) is 4.48. The molecule has 3 N–H and O–H groups in total. The van der Waals surface area contributed by atoms with Gasteiger partial charge >= 0.3 is 0 Å². The SMILES string of the molecule is O=c1cc(-c2ccc(O)c(O)c2)oc2cc(O)cc(F)c12. The molecule has 21 heavy (non-hydrogen) atoms. The topological polar surface area (TPSA) is 90.9 Å². The smallest absolute Gasteiger partial charge is 0.196 e. The Hall–Kier alpha value is -3.02. The minimum absolute atomic E-state index is 0.0767. The maximum atomic E-state index is 13.7. The quantitative estimate of drug-likeness (QED) is 0.599. The molecule has 0 saturated carbocycles. The zero-order valence-corrected chi connectivity index (χ0v) is 10.5. The fourth-order valence-electron chi connectivity index (χ4n) is 2.05. The molecule has 0 aliphatic rings. The Bertz CT molecular complexity index is 914. The van der Waals surface area contributed by atoms with Crippen LogP contribution in [0.5, 0.6) is 17.2 Å². The van der Waals surface area contributed by atoms with Crippen LogP contribution in [0.4, 0.5) is 4.39 Å². The number of aromatic hydroxyl groups is 3. The second-order valence-electron chi connectivity index (χ2n) is 4.48. The Kier molecular flexibility index (Phi) is 2.79. The number of phenolic OH excluding ortho intramolecular Hbond substituents is 3. The third kappa shape index (κ3) is 2.16. The summed E-state index contributed by atoms with van der Waals surface area (Å²) in [4.78, 5) is 12.0. The van der Waals surface area contributed by atoms with Crippen molar-refractivity contribution in [3.05, 3.63) is 52.4 Å². The first-order valence-corrected chi connectivity index (χ1v) is 5.94. The third-order valence-electron chi connectivity index (χ3n) is 3.03. The predicted molar refractivity (Wildman–Crippen MR) is 72.9 cm³/mol. The van der Waals surface area contributed by atoms with Gasteiger partial charge in [0.05, 0.1) is 0 Å². The normalized spacial score (nSPS) is 10.9. The van der Waals surface area contributed by atoms with Gasteiger partial charge in [-0.15, -0.1) is 0 Å². The number of fused-ring (bicyclic) bond motifs is 1. The summed E-state index contributed by atoms with van der Waals surface area (Å²) in [6, 6.07) is 6.90. The molecular formula is C15H9FO5. The van der Waals surface area contributed by atoms with Gasteiger partial charge in [-0.05, 0) is 18.2 Å². The van der Waals surface area contributed by atoms with E-state index >= 15 is 0 Å². The van der Waals surface area contributed by atoms with Gasteiger partial charge in [0.15, 0.2) is 16.9 Å². The summed E-state index contributed by atoms with van der Waals surface area (Å²) >= 11 is 0. The molecule has 0 unspecified atom stereocenters. The molecule has 0 aliphatic heterocycles. The lowest BCUT2D eigenvalue weighted by atomic mass is 10.1. The average molecular weight is 288 g/mol. The first kappa shape index (κ1) is 13.0.